The Hall–Kier alpha value is -0.880. The van der Waals surface area contributed by atoms with E-state index in [1.54, 1.807) is 11.3 Å². The fourth-order valence-corrected chi connectivity index (χ4v) is 3.33. The van der Waals surface area contributed by atoms with Crippen molar-refractivity contribution in [1.82, 2.24) is 0 Å². The number of thiophene rings is 1. The van der Waals surface area contributed by atoms with Crippen LogP contribution in [-0.4, -0.2) is 13.1 Å². The van der Waals surface area contributed by atoms with E-state index in [0.29, 0.717) is 5.56 Å². The lowest BCUT2D eigenvalue weighted by atomic mass is 10.2. The highest BCUT2D eigenvalue weighted by atomic mass is 127. The van der Waals surface area contributed by atoms with E-state index < -0.39 is 0 Å². The summed E-state index contributed by atoms with van der Waals surface area (Å²) in [5.74, 6) is -0.275. The molecule has 1 aromatic heterocycles. The lowest BCUT2D eigenvalue weighted by Gasteiger charge is -1.95. The lowest BCUT2D eigenvalue weighted by Crippen LogP contribution is -2.00. The molecular weight excluding hydrogens is 335 g/mol. The van der Waals surface area contributed by atoms with Crippen molar-refractivity contribution in [2.24, 2.45) is 0 Å². The molecule has 0 saturated heterocycles. The topological polar surface area (TPSA) is 26.3 Å². The third kappa shape index (κ3) is 2.27. The molecule has 82 valence electrons. The van der Waals surface area contributed by atoms with Gasteiger partial charge in [0.1, 0.15) is 0 Å². The Kier molecular flexibility index (Phi) is 3.60. The summed E-state index contributed by atoms with van der Waals surface area (Å²) in [5.41, 5.74) is 1.77. The number of hydrogen-bond acceptors (Lipinski definition) is 3. The molecule has 16 heavy (non-hydrogen) atoms. The van der Waals surface area contributed by atoms with Crippen LogP contribution in [0.4, 0.5) is 0 Å². The van der Waals surface area contributed by atoms with Gasteiger partial charge in [-0.05, 0) is 34.2 Å². The number of esters is 1. The summed E-state index contributed by atoms with van der Waals surface area (Å²) < 4.78 is 5.69. The second-order valence-corrected chi connectivity index (χ2v) is 6.02. The molecule has 1 aromatic carbocycles. The first-order chi connectivity index (χ1) is 7.72. The highest BCUT2D eigenvalue weighted by molar-refractivity contribution is 14.1. The Balaban J connectivity index is 2.42. The molecule has 2 rings (SSSR count). The normalized spacial score (nSPS) is 10.1. The highest BCUT2D eigenvalue weighted by Gasteiger charge is 2.15. The van der Waals surface area contributed by atoms with Crippen LogP contribution in [0, 0.1) is 2.88 Å². The monoisotopic (exact) mass is 344 g/mol. The van der Waals surface area contributed by atoms with Gasteiger partial charge in [-0.25, -0.2) is 4.79 Å². The van der Waals surface area contributed by atoms with Crippen molar-refractivity contribution in [3.05, 3.63) is 44.8 Å². The molecule has 0 amide bonds. The van der Waals surface area contributed by atoms with Gasteiger partial charge in [0.15, 0.2) is 0 Å². The van der Waals surface area contributed by atoms with Gasteiger partial charge in [0, 0.05) is 4.88 Å². The summed E-state index contributed by atoms with van der Waals surface area (Å²) in [6, 6.07) is 11.9. The van der Waals surface area contributed by atoms with Gasteiger partial charge < -0.3 is 4.74 Å². The van der Waals surface area contributed by atoms with Crippen molar-refractivity contribution in [2.45, 2.75) is 0 Å². The van der Waals surface area contributed by atoms with E-state index in [9.17, 15) is 4.79 Å². The molecule has 0 bridgehead atoms. The number of benzene rings is 1. The average molecular weight is 344 g/mol. The largest absolute Gasteiger partial charge is 0.465 e. The number of carbonyl (C=O) groups excluding carboxylic acids is 1. The van der Waals surface area contributed by atoms with Crippen molar-refractivity contribution < 1.29 is 9.53 Å². The molecule has 0 aliphatic carbocycles. The Bertz CT molecular complexity index is 505. The SMILES string of the molecule is COC(=O)c1cc(-c2ccccc2)sc1I. The number of hydrogen-bond donors (Lipinski definition) is 0. The van der Waals surface area contributed by atoms with Crippen LogP contribution in [0.15, 0.2) is 36.4 Å². The van der Waals surface area contributed by atoms with Crippen molar-refractivity contribution in [3.8, 4) is 10.4 Å². The molecule has 0 unspecified atom stereocenters. The number of rotatable bonds is 2. The molecule has 2 aromatic rings. The third-order valence-electron chi connectivity index (χ3n) is 2.15. The zero-order valence-corrected chi connectivity index (χ0v) is 11.5. The van der Waals surface area contributed by atoms with E-state index in [-0.39, 0.29) is 5.97 Å². The number of carbonyl (C=O) groups is 1. The zero-order valence-electron chi connectivity index (χ0n) is 8.57. The van der Waals surface area contributed by atoms with Crippen molar-refractivity contribution in [3.63, 3.8) is 0 Å². The van der Waals surface area contributed by atoms with E-state index in [1.807, 2.05) is 36.4 Å². The van der Waals surface area contributed by atoms with Crippen LogP contribution in [0.5, 0.6) is 0 Å². The first-order valence-electron chi connectivity index (χ1n) is 4.65. The minimum Gasteiger partial charge on any atom is -0.465 e. The number of halogens is 1. The molecule has 0 aliphatic heterocycles. The summed E-state index contributed by atoms with van der Waals surface area (Å²) >= 11 is 3.76. The van der Waals surface area contributed by atoms with Crippen LogP contribution in [0.2, 0.25) is 0 Å². The summed E-state index contributed by atoms with van der Waals surface area (Å²) in [5, 5.41) is 0. The van der Waals surface area contributed by atoms with Gasteiger partial charge in [0.2, 0.25) is 0 Å². The molecule has 0 spiro atoms. The predicted molar refractivity (Wildman–Crippen MR) is 73.8 cm³/mol. The van der Waals surface area contributed by atoms with E-state index >= 15 is 0 Å². The van der Waals surface area contributed by atoms with Crippen LogP contribution >= 0.6 is 33.9 Å². The molecule has 0 aliphatic rings. The summed E-state index contributed by atoms with van der Waals surface area (Å²) in [6.45, 7) is 0. The van der Waals surface area contributed by atoms with Gasteiger partial charge in [-0.3, -0.25) is 0 Å². The molecule has 1 heterocycles. The third-order valence-corrected chi connectivity index (χ3v) is 4.36. The van der Waals surface area contributed by atoms with Gasteiger partial charge in [-0.1, -0.05) is 30.3 Å². The number of methoxy groups -OCH3 is 1. The van der Waals surface area contributed by atoms with Gasteiger partial charge in [-0.15, -0.1) is 11.3 Å². The fraction of sp³-hybridized carbons (Fsp3) is 0.0833. The molecule has 0 saturated carbocycles. The van der Waals surface area contributed by atoms with Gasteiger partial charge in [0.25, 0.3) is 0 Å². The second kappa shape index (κ2) is 4.97. The maximum atomic E-state index is 11.5. The highest BCUT2D eigenvalue weighted by Crippen LogP contribution is 2.32. The summed E-state index contributed by atoms with van der Waals surface area (Å²) in [7, 11) is 1.40. The summed E-state index contributed by atoms with van der Waals surface area (Å²) in [6.07, 6.45) is 0. The molecule has 0 fully saturated rings. The Morgan fingerprint density at radius 1 is 1.31 bits per heavy atom. The molecule has 0 atom stereocenters. The molecule has 2 nitrogen and oxygen atoms in total. The van der Waals surface area contributed by atoms with Crippen LogP contribution in [0.1, 0.15) is 10.4 Å². The summed E-state index contributed by atoms with van der Waals surface area (Å²) in [4.78, 5) is 12.5. The van der Waals surface area contributed by atoms with E-state index in [2.05, 4.69) is 22.6 Å². The van der Waals surface area contributed by atoms with Crippen molar-refractivity contribution in [1.29, 1.82) is 0 Å². The molecule has 0 N–H and O–H groups in total. The second-order valence-electron chi connectivity index (χ2n) is 3.16. The van der Waals surface area contributed by atoms with Crippen LogP contribution in [0.25, 0.3) is 10.4 Å². The van der Waals surface area contributed by atoms with Gasteiger partial charge in [-0.2, -0.15) is 0 Å². The van der Waals surface area contributed by atoms with E-state index in [4.69, 9.17) is 4.74 Å². The Morgan fingerprint density at radius 2 is 2.00 bits per heavy atom. The van der Waals surface area contributed by atoms with Crippen LogP contribution in [-0.2, 0) is 4.74 Å². The first-order valence-corrected chi connectivity index (χ1v) is 6.55. The molecular formula is C12H9IO2S. The molecule has 0 radical (unpaired) electrons. The lowest BCUT2D eigenvalue weighted by molar-refractivity contribution is 0.0600. The Morgan fingerprint density at radius 3 is 2.62 bits per heavy atom. The van der Waals surface area contributed by atoms with Gasteiger partial charge >= 0.3 is 5.97 Å². The average Bonchev–Trinajstić information content (AvgIpc) is 2.71. The first kappa shape index (κ1) is 11.6. The van der Waals surface area contributed by atoms with Gasteiger partial charge in [0.05, 0.1) is 15.6 Å². The van der Waals surface area contributed by atoms with E-state index in [1.165, 1.54) is 7.11 Å². The Labute approximate surface area is 111 Å². The molecule has 4 heteroatoms. The minimum atomic E-state index is -0.275. The minimum absolute atomic E-state index is 0.275. The predicted octanol–water partition coefficient (Wildman–Crippen LogP) is 3.81. The van der Waals surface area contributed by atoms with Crippen molar-refractivity contribution >= 4 is 39.9 Å². The quantitative estimate of drug-likeness (QED) is 0.612. The van der Waals surface area contributed by atoms with Crippen LogP contribution in [0.3, 0.4) is 0 Å². The van der Waals surface area contributed by atoms with Crippen LogP contribution < -0.4 is 0 Å². The van der Waals surface area contributed by atoms with Crippen molar-refractivity contribution in [2.75, 3.05) is 7.11 Å². The maximum Gasteiger partial charge on any atom is 0.339 e. The van der Waals surface area contributed by atoms with E-state index in [0.717, 1.165) is 13.3 Å². The maximum absolute atomic E-state index is 11.5. The zero-order chi connectivity index (χ0) is 11.5. The fourth-order valence-electron chi connectivity index (χ4n) is 1.36. The number of ether oxygens (including phenoxy) is 1. The standard InChI is InChI=1S/C12H9IO2S/c1-15-12(14)9-7-10(16-11(9)13)8-5-3-2-4-6-8/h2-7H,1H3. The smallest absolute Gasteiger partial charge is 0.339 e.